The van der Waals surface area contributed by atoms with Gasteiger partial charge < -0.3 is 15.5 Å². The van der Waals surface area contributed by atoms with Gasteiger partial charge in [0.15, 0.2) is 0 Å². The van der Waals surface area contributed by atoms with Crippen LogP contribution in [0.3, 0.4) is 0 Å². The van der Waals surface area contributed by atoms with E-state index in [9.17, 15) is 4.79 Å². The first-order valence-corrected chi connectivity index (χ1v) is 5.89. The summed E-state index contributed by atoms with van der Waals surface area (Å²) in [6.07, 6.45) is 2.66. The summed E-state index contributed by atoms with van der Waals surface area (Å²) in [6, 6.07) is 3.87. The summed E-state index contributed by atoms with van der Waals surface area (Å²) < 4.78 is 0. The van der Waals surface area contributed by atoms with Gasteiger partial charge in [0.25, 0.3) is 0 Å². The quantitative estimate of drug-likeness (QED) is 0.778. The smallest absolute Gasteiger partial charge is 0.219 e. The minimum Gasteiger partial charge on any atom is -0.382 e. The average molecular weight is 234 g/mol. The number of nitrogens with two attached hydrogens (primary N) is 1. The van der Waals surface area contributed by atoms with Crippen molar-refractivity contribution in [3.05, 3.63) is 18.3 Å². The normalized spacial score (nSPS) is 16.8. The van der Waals surface area contributed by atoms with Crippen molar-refractivity contribution in [2.24, 2.45) is 0 Å². The van der Waals surface area contributed by atoms with Gasteiger partial charge in [0, 0.05) is 39.3 Å². The Labute approximate surface area is 101 Å². The van der Waals surface area contributed by atoms with Crippen LogP contribution in [-0.4, -0.2) is 42.0 Å². The fourth-order valence-corrected chi connectivity index (χ4v) is 2.15. The highest BCUT2D eigenvalue weighted by Crippen LogP contribution is 2.21. The maximum Gasteiger partial charge on any atom is 0.219 e. The Morgan fingerprint density at radius 1 is 1.35 bits per heavy atom. The Balaban J connectivity index is 2.09. The van der Waals surface area contributed by atoms with Crippen molar-refractivity contribution in [1.29, 1.82) is 0 Å². The molecule has 92 valence electrons. The fourth-order valence-electron chi connectivity index (χ4n) is 2.15. The molecule has 5 nitrogen and oxygen atoms in total. The molecule has 0 atom stereocenters. The summed E-state index contributed by atoms with van der Waals surface area (Å²) in [5.41, 5.74) is 6.83. The zero-order valence-electron chi connectivity index (χ0n) is 10.1. The highest BCUT2D eigenvalue weighted by molar-refractivity contribution is 5.73. The Hall–Kier alpha value is -1.78. The van der Waals surface area contributed by atoms with Crippen LogP contribution in [0.2, 0.25) is 0 Å². The zero-order chi connectivity index (χ0) is 12.3. The molecule has 0 spiro atoms. The number of rotatable bonds is 1. The largest absolute Gasteiger partial charge is 0.382 e. The summed E-state index contributed by atoms with van der Waals surface area (Å²) in [4.78, 5) is 19.5. The third kappa shape index (κ3) is 2.67. The van der Waals surface area contributed by atoms with Gasteiger partial charge in [0.1, 0.15) is 5.82 Å². The third-order valence-corrected chi connectivity index (χ3v) is 3.10. The lowest BCUT2D eigenvalue weighted by Gasteiger charge is -2.23. The van der Waals surface area contributed by atoms with E-state index in [2.05, 4.69) is 9.88 Å². The number of hydrogen-bond acceptors (Lipinski definition) is 4. The Kier molecular flexibility index (Phi) is 3.46. The summed E-state index contributed by atoms with van der Waals surface area (Å²) in [7, 11) is 0. The van der Waals surface area contributed by atoms with E-state index in [0.717, 1.165) is 38.3 Å². The van der Waals surface area contributed by atoms with E-state index in [4.69, 9.17) is 5.73 Å². The molecule has 0 aliphatic carbocycles. The van der Waals surface area contributed by atoms with Crippen molar-refractivity contribution in [2.45, 2.75) is 13.3 Å². The molecule has 0 radical (unpaired) electrons. The molecule has 0 saturated carbocycles. The van der Waals surface area contributed by atoms with Gasteiger partial charge in [-0.2, -0.15) is 0 Å². The second-order valence-electron chi connectivity index (χ2n) is 4.25. The topological polar surface area (TPSA) is 62.5 Å². The molecule has 1 aliphatic rings. The first-order chi connectivity index (χ1) is 8.18. The maximum atomic E-state index is 11.3. The van der Waals surface area contributed by atoms with Gasteiger partial charge in [-0.3, -0.25) is 4.79 Å². The second-order valence-corrected chi connectivity index (χ2v) is 4.25. The van der Waals surface area contributed by atoms with Gasteiger partial charge in [0.2, 0.25) is 5.91 Å². The van der Waals surface area contributed by atoms with Gasteiger partial charge in [-0.05, 0) is 18.6 Å². The SMILES string of the molecule is CC(=O)N1CCCN(c2cccnc2N)CC1. The van der Waals surface area contributed by atoms with E-state index in [1.54, 1.807) is 13.1 Å². The number of pyridine rings is 1. The van der Waals surface area contributed by atoms with Crippen LogP contribution in [0, 0.1) is 0 Å². The number of nitrogens with zero attached hydrogens (tertiary/aromatic N) is 3. The summed E-state index contributed by atoms with van der Waals surface area (Å²) >= 11 is 0. The second kappa shape index (κ2) is 5.03. The molecule has 1 amide bonds. The first-order valence-electron chi connectivity index (χ1n) is 5.89. The van der Waals surface area contributed by atoms with Crippen molar-refractivity contribution < 1.29 is 4.79 Å². The highest BCUT2D eigenvalue weighted by Gasteiger charge is 2.17. The van der Waals surface area contributed by atoms with E-state index in [0.29, 0.717) is 5.82 Å². The lowest BCUT2D eigenvalue weighted by molar-refractivity contribution is -0.128. The van der Waals surface area contributed by atoms with E-state index in [1.165, 1.54) is 0 Å². The highest BCUT2D eigenvalue weighted by atomic mass is 16.2. The molecule has 5 heteroatoms. The average Bonchev–Trinajstić information content (AvgIpc) is 2.55. The molecule has 1 aromatic heterocycles. The number of amides is 1. The van der Waals surface area contributed by atoms with Gasteiger partial charge in [-0.15, -0.1) is 0 Å². The van der Waals surface area contributed by atoms with Crippen LogP contribution in [0.15, 0.2) is 18.3 Å². The molecular formula is C12H18N4O. The number of anilines is 2. The maximum absolute atomic E-state index is 11.3. The monoisotopic (exact) mass is 234 g/mol. The molecule has 17 heavy (non-hydrogen) atoms. The minimum absolute atomic E-state index is 0.144. The predicted octanol–water partition coefficient (Wildman–Crippen LogP) is 0.722. The van der Waals surface area contributed by atoms with Crippen LogP contribution in [0.4, 0.5) is 11.5 Å². The number of nitrogen functional groups attached to an aromatic ring is 1. The van der Waals surface area contributed by atoms with Crippen LogP contribution in [0.25, 0.3) is 0 Å². The number of carbonyl (C=O) groups is 1. The summed E-state index contributed by atoms with van der Waals surface area (Å²) in [5, 5.41) is 0. The molecular weight excluding hydrogens is 216 g/mol. The minimum atomic E-state index is 0.144. The molecule has 2 rings (SSSR count). The van der Waals surface area contributed by atoms with Crippen LogP contribution < -0.4 is 10.6 Å². The van der Waals surface area contributed by atoms with E-state index in [1.807, 2.05) is 17.0 Å². The molecule has 1 saturated heterocycles. The van der Waals surface area contributed by atoms with E-state index >= 15 is 0 Å². The van der Waals surface area contributed by atoms with Gasteiger partial charge in [-0.1, -0.05) is 0 Å². The zero-order valence-corrected chi connectivity index (χ0v) is 10.1. The lowest BCUT2D eigenvalue weighted by Crippen LogP contribution is -2.33. The molecule has 0 unspecified atom stereocenters. The lowest BCUT2D eigenvalue weighted by atomic mass is 10.3. The molecule has 2 N–H and O–H groups in total. The molecule has 2 heterocycles. The van der Waals surface area contributed by atoms with E-state index < -0.39 is 0 Å². The standard InChI is InChI=1S/C12H18N4O/c1-10(17)15-6-3-7-16(9-8-15)11-4-2-5-14-12(11)13/h2,4-5H,3,6-9H2,1H3,(H2,13,14). The Morgan fingerprint density at radius 2 is 2.18 bits per heavy atom. The molecule has 1 aromatic rings. The molecule has 0 aromatic carbocycles. The summed E-state index contributed by atoms with van der Waals surface area (Å²) in [6.45, 7) is 4.93. The van der Waals surface area contributed by atoms with Crippen LogP contribution >= 0.6 is 0 Å². The number of hydrogen-bond donors (Lipinski definition) is 1. The number of aromatic nitrogens is 1. The number of carbonyl (C=O) groups excluding carboxylic acids is 1. The van der Waals surface area contributed by atoms with Crippen molar-refractivity contribution in [3.63, 3.8) is 0 Å². The van der Waals surface area contributed by atoms with Crippen LogP contribution in [0.5, 0.6) is 0 Å². The van der Waals surface area contributed by atoms with Crippen molar-refractivity contribution in [2.75, 3.05) is 36.8 Å². The van der Waals surface area contributed by atoms with Crippen LogP contribution in [-0.2, 0) is 4.79 Å². The van der Waals surface area contributed by atoms with Gasteiger partial charge in [-0.25, -0.2) is 4.98 Å². The molecule has 1 fully saturated rings. The van der Waals surface area contributed by atoms with Crippen molar-refractivity contribution >= 4 is 17.4 Å². The molecule has 1 aliphatic heterocycles. The van der Waals surface area contributed by atoms with Crippen LogP contribution in [0.1, 0.15) is 13.3 Å². The van der Waals surface area contributed by atoms with Gasteiger partial charge in [0.05, 0.1) is 5.69 Å². The first kappa shape index (κ1) is 11.7. The van der Waals surface area contributed by atoms with Crippen molar-refractivity contribution in [1.82, 2.24) is 9.88 Å². The molecule has 0 bridgehead atoms. The third-order valence-electron chi connectivity index (χ3n) is 3.10. The van der Waals surface area contributed by atoms with E-state index in [-0.39, 0.29) is 5.91 Å². The van der Waals surface area contributed by atoms with Crippen molar-refractivity contribution in [3.8, 4) is 0 Å². The Morgan fingerprint density at radius 3 is 2.88 bits per heavy atom. The fraction of sp³-hybridized carbons (Fsp3) is 0.500. The van der Waals surface area contributed by atoms with Gasteiger partial charge >= 0.3 is 0 Å². The Bertz CT molecular complexity index is 407. The summed E-state index contributed by atoms with van der Waals surface area (Å²) in [5.74, 6) is 0.704. The predicted molar refractivity (Wildman–Crippen MR) is 67.7 cm³/mol.